The number of thiophene rings is 1. The second-order valence-electron chi connectivity index (χ2n) is 4.69. The first-order chi connectivity index (χ1) is 11.1. The lowest BCUT2D eigenvalue weighted by atomic mass is 10.2. The van der Waals surface area contributed by atoms with Gasteiger partial charge < -0.3 is 5.32 Å². The predicted molar refractivity (Wildman–Crippen MR) is 86.8 cm³/mol. The molecule has 0 unspecified atom stereocenters. The van der Waals surface area contributed by atoms with Crippen LogP contribution in [0.4, 0.5) is 0 Å². The van der Waals surface area contributed by atoms with Crippen LogP contribution in [-0.2, 0) is 17.9 Å². The Balaban J connectivity index is 1.62. The van der Waals surface area contributed by atoms with E-state index >= 15 is 0 Å². The van der Waals surface area contributed by atoms with Gasteiger partial charge in [-0.3, -0.25) is 4.79 Å². The van der Waals surface area contributed by atoms with E-state index in [0.29, 0.717) is 16.6 Å². The minimum absolute atomic E-state index is 0.183. The predicted octanol–water partition coefficient (Wildman–Crippen LogP) is 1.46. The van der Waals surface area contributed by atoms with Crippen molar-refractivity contribution in [2.75, 3.05) is 0 Å². The van der Waals surface area contributed by atoms with Gasteiger partial charge in [-0.05, 0) is 45.6 Å². The summed E-state index contributed by atoms with van der Waals surface area (Å²) in [5.74, 6) is -0.319. The van der Waals surface area contributed by atoms with Gasteiger partial charge in [-0.1, -0.05) is 23.7 Å². The minimum atomic E-state index is -0.450. The summed E-state index contributed by atoms with van der Waals surface area (Å²) in [6.45, 7) is 0.168. The van der Waals surface area contributed by atoms with Crippen LogP contribution in [0.2, 0.25) is 5.02 Å². The van der Waals surface area contributed by atoms with E-state index in [-0.39, 0.29) is 12.5 Å². The summed E-state index contributed by atoms with van der Waals surface area (Å²) < 4.78 is 2.19. The Bertz CT molecular complexity index is 854. The van der Waals surface area contributed by atoms with Crippen LogP contribution in [0.5, 0.6) is 0 Å². The van der Waals surface area contributed by atoms with Crippen molar-refractivity contribution in [2.45, 2.75) is 13.1 Å². The Labute approximate surface area is 140 Å². The molecule has 9 heteroatoms. The van der Waals surface area contributed by atoms with Gasteiger partial charge in [0.05, 0.1) is 0 Å². The highest BCUT2D eigenvalue weighted by molar-refractivity contribution is 7.12. The molecular formula is C14H12ClN5O2S. The standard InChI is InChI=1S/C14H12ClN5O2S/c15-11-5-3-10(4-6-11)8-16-12(21)9-19-14(22)20(18-17-19)13-2-1-7-23-13/h1-7H,8-9H2,(H,16,21). The molecule has 23 heavy (non-hydrogen) atoms. The van der Waals surface area contributed by atoms with E-state index in [1.54, 1.807) is 18.2 Å². The van der Waals surface area contributed by atoms with Gasteiger partial charge in [0, 0.05) is 11.6 Å². The molecule has 0 saturated carbocycles. The van der Waals surface area contributed by atoms with Crippen molar-refractivity contribution >= 4 is 28.8 Å². The molecule has 118 valence electrons. The highest BCUT2D eigenvalue weighted by atomic mass is 35.5. The zero-order valence-corrected chi connectivity index (χ0v) is 13.4. The van der Waals surface area contributed by atoms with E-state index < -0.39 is 5.69 Å². The van der Waals surface area contributed by atoms with Gasteiger partial charge in [0.15, 0.2) is 0 Å². The molecule has 0 atom stereocenters. The largest absolute Gasteiger partial charge is 0.369 e. The number of halogens is 1. The quantitative estimate of drug-likeness (QED) is 0.756. The number of nitrogens with zero attached hydrogens (tertiary/aromatic N) is 4. The lowest BCUT2D eigenvalue weighted by Gasteiger charge is -2.04. The molecule has 0 aliphatic rings. The van der Waals surface area contributed by atoms with Crippen LogP contribution < -0.4 is 11.0 Å². The van der Waals surface area contributed by atoms with Crippen LogP contribution in [0.25, 0.3) is 5.00 Å². The number of benzene rings is 1. The smallest absolute Gasteiger partial charge is 0.350 e. The molecule has 0 saturated heterocycles. The molecule has 7 nitrogen and oxygen atoms in total. The maximum absolute atomic E-state index is 12.1. The lowest BCUT2D eigenvalue weighted by Crippen LogP contribution is -2.33. The van der Waals surface area contributed by atoms with Gasteiger partial charge >= 0.3 is 5.69 Å². The van der Waals surface area contributed by atoms with Crippen molar-refractivity contribution in [1.82, 2.24) is 25.1 Å². The summed E-state index contributed by atoms with van der Waals surface area (Å²) in [5.41, 5.74) is 0.464. The van der Waals surface area contributed by atoms with E-state index in [1.807, 2.05) is 23.6 Å². The zero-order chi connectivity index (χ0) is 16.2. The normalized spacial score (nSPS) is 10.7. The number of amides is 1. The van der Waals surface area contributed by atoms with Crippen molar-refractivity contribution in [3.8, 4) is 5.00 Å². The first-order valence-electron chi connectivity index (χ1n) is 6.71. The number of nitrogens with one attached hydrogen (secondary N) is 1. The summed E-state index contributed by atoms with van der Waals surface area (Å²) in [5, 5.41) is 13.3. The minimum Gasteiger partial charge on any atom is -0.350 e. The number of hydrogen-bond donors (Lipinski definition) is 1. The third-order valence-electron chi connectivity index (χ3n) is 3.05. The average molecular weight is 350 g/mol. The van der Waals surface area contributed by atoms with Crippen LogP contribution in [0.1, 0.15) is 5.56 Å². The maximum Gasteiger partial charge on any atom is 0.369 e. The fourth-order valence-electron chi connectivity index (χ4n) is 1.90. The van der Waals surface area contributed by atoms with Crippen LogP contribution in [0.15, 0.2) is 46.6 Å². The Hall–Kier alpha value is -2.45. The van der Waals surface area contributed by atoms with Crippen LogP contribution in [-0.4, -0.2) is 25.7 Å². The van der Waals surface area contributed by atoms with Gasteiger partial charge in [0.1, 0.15) is 11.5 Å². The van der Waals surface area contributed by atoms with Crippen molar-refractivity contribution in [3.63, 3.8) is 0 Å². The lowest BCUT2D eigenvalue weighted by molar-refractivity contribution is -0.122. The molecule has 1 N–H and O–H groups in total. The van der Waals surface area contributed by atoms with Crippen molar-refractivity contribution in [3.05, 3.63) is 62.8 Å². The molecular weight excluding hydrogens is 338 g/mol. The molecule has 3 rings (SSSR count). The molecule has 1 amide bonds. The number of rotatable bonds is 5. The Morgan fingerprint density at radius 3 is 2.70 bits per heavy atom. The van der Waals surface area contributed by atoms with Crippen molar-refractivity contribution in [1.29, 1.82) is 0 Å². The molecule has 0 aliphatic heterocycles. The van der Waals surface area contributed by atoms with Gasteiger partial charge in [-0.15, -0.1) is 11.3 Å². The van der Waals surface area contributed by atoms with Crippen LogP contribution in [0.3, 0.4) is 0 Å². The van der Waals surface area contributed by atoms with Gasteiger partial charge in [0.2, 0.25) is 5.91 Å². The molecule has 2 heterocycles. The topological polar surface area (TPSA) is 81.8 Å². The Morgan fingerprint density at radius 2 is 2.00 bits per heavy atom. The zero-order valence-electron chi connectivity index (χ0n) is 11.8. The van der Waals surface area contributed by atoms with E-state index in [1.165, 1.54) is 11.3 Å². The van der Waals surface area contributed by atoms with Gasteiger partial charge in [-0.2, -0.15) is 9.36 Å². The Kier molecular flexibility index (Phi) is 4.54. The number of tetrazole rings is 1. The number of hydrogen-bond acceptors (Lipinski definition) is 5. The summed E-state index contributed by atoms with van der Waals surface area (Å²) in [7, 11) is 0. The first kappa shape index (κ1) is 15.4. The van der Waals surface area contributed by atoms with E-state index in [2.05, 4.69) is 15.7 Å². The summed E-state index contributed by atoms with van der Waals surface area (Å²) >= 11 is 7.17. The highest BCUT2D eigenvalue weighted by Crippen LogP contribution is 2.10. The summed E-state index contributed by atoms with van der Waals surface area (Å²) in [6, 6.07) is 10.7. The molecule has 3 aromatic rings. The second kappa shape index (κ2) is 6.76. The third kappa shape index (κ3) is 3.66. The van der Waals surface area contributed by atoms with Crippen LogP contribution >= 0.6 is 22.9 Å². The number of aromatic nitrogens is 4. The molecule has 0 aliphatic carbocycles. The van der Waals surface area contributed by atoms with Gasteiger partial charge in [0.25, 0.3) is 0 Å². The Morgan fingerprint density at radius 1 is 1.22 bits per heavy atom. The van der Waals surface area contributed by atoms with Crippen molar-refractivity contribution in [2.24, 2.45) is 0 Å². The molecule has 0 spiro atoms. The van der Waals surface area contributed by atoms with E-state index in [4.69, 9.17) is 11.6 Å². The average Bonchev–Trinajstić information content (AvgIpc) is 3.18. The van der Waals surface area contributed by atoms with Gasteiger partial charge in [-0.25, -0.2) is 4.79 Å². The van der Waals surface area contributed by atoms with E-state index in [9.17, 15) is 9.59 Å². The molecule has 0 bridgehead atoms. The fraction of sp³-hybridized carbons (Fsp3) is 0.143. The SMILES string of the molecule is O=C(Cn1nnn(-c2cccs2)c1=O)NCc1ccc(Cl)cc1. The fourth-order valence-corrected chi connectivity index (χ4v) is 2.69. The van der Waals surface area contributed by atoms with E-state index in [0.717, 1.165) is 14.9 Å². The van der Waals surface area contributed by atoms with Crippen LogP contribution in [0, 0.1) is 0 Å². The summed E-state index contributed by atoms with van der Waals surface area (Å²) in [4.78, 5) is 24.1. The monoisotopic (exact) mass is 349 g/mol. The highest BCUT2D eigenvalue weighted by Gasteiger charge is 2.12. The number of carbonyl (C=O) groups is 1. The molecule has 0 fully saturated rings. The molecule has 0 radical (unpaired) electrons. The molecule has 1 aromatic carbocycles. The molecule has 2 aromatic heterocycles. The maximum atomic E-state index is 12.1. The first-order valence-corrected chi connectivity index (χ1v) is 7.97. The number of carbonyl (C=O) groups excluding carboxylic acids is 1. The second-order valence-corrected chi connectivity index (χ2v) is 6.05. The third-order valence-corrected chi connectivity index (χ3v) is 4.15. The van der Waals surface area contributed by atoms with Crippen molar-refractivity contribution < 1.29 is 4.79 Å². The summed E-state index contributed by atoms with van der Waals surface area (Å²) in [6.07, 6.45) is 0.